The Morgan fingerprint density at radius 2 is 1.75 bits per heavy atom. The van der Waals surface area contributed by atoms with Crippen molar-refractivity contribution in [3.05, 3.63) is 64.5 Å². The van der Waals surface area contributed by atoms with Crippen LogP contribution in [0.3, 0.4) is 0 Å². The topological polar surface area (TPSA) is 111 Å². The third-order valence-corrected chi connectivity index (χ3v) is 8.14. The zero-order valence-corrected chi connectivity index (χ0v) is 25.7. The van der Waals surface area contributed by atoms with E-state index >= 15 is 4.39 Å². The van der Waals surface area contributed by atoms with E-state index < -0.39 is 33.8 Å². The zero-order valence-electron chi connectivity index (χ0n) is 25.7. The first-order valence-electron chi connectivity index (χ1n) is 14.2. The van der Waals surface area contributed by atoms with Gasteiger partial charge in [0.2, 0.25) is 5.72 Å². The van der Waals surface area contributed by atoms with Crippen molar-refractivity contribution in [1.82, 2.24) is 15.1 Å². The number of aldehydes is 1. The lowest BCUT2D eigenvalue weighted by atomic mass is 9.27. The number of hydrogen-bond acceptors (Lipinski definition) is 7. The number of hydrogen-bond donors (Lipinski definition) is 3. The maximum absolute atomic E-state index is 15.3. The van der Waals surface area contributed by atoms with Crippen LogP contribution in [0, 0.1) is 5.82 Å². The summed E-state index contributed by atoms with van der Waals surface area (Å²) < 4.78 is 21.4. The highest BCUT2D eigenvalue weighted by molar-refractivity contribution is 6.60. The molecule has 3 N–H and O–H groups in total. The molecule has 1 atom stereocenters. The Hall–Kier alpha value is -3.08. The standard InChI is InChI=1S/C30H35B4FN4O5/c1-26(2)15-38(16-27(3,4)44-26)13-18-9-10-19(22(35)11-18)12-37-23-8-6-7-20-21(23)14-39(24(20)41)29(43,25(42)36-5)30(33,34)28(31,32)17-40/h6-11,17,37,43H,12-16H2,1-5H3,(H,36,42). The molecule has 2 aliphatic heterocycles. The second kappa shape index (κ2) is 11.7. The van der Waals surface area contributed by atoms with Crippen LogP contribution in [0.2, 0.25) is 10.4 Å². The van der Waals surface area contributed by atoms with E-state index in [4.69, 9.17) is 36.1 Å². The number of nitrogens with zero attached hydrogens (tertiary/aromatic N) is 2. The Balaban J connectivity index is 1.54. The molecule has 224 valence electrons. The van der Waals surface area contributed by atoms with Crippen LogP contribution in [0.1, 0.15) is 54.7 Å². The molecule has 1 unspecified atom stereocenters. The molecule has 0 spiro atoms. The number of morpholine rings is 1. The largest absolute Gasteiger partial charge is 0.381 e. The number of carbonyl (C=O) groups is 3. The lowest BCUT2D eigenvalue weighted by Gasteiger charge is -2.53. The van der Waals surface area contributed by atoms with E-state index in [1.165, 1.54) is 19.2 Å². The van der Waals surface area contributed by atoms with Crippen molar-refractivity contribution in [2.75, 3.05) is 25.5 Å². The molecule has 14 heteroatoms. The first kappa shape index (κ1) is 33.8. The molecule has 8 radical (unpaired) electrons. The van der Waals surface area contributed by atoms with Gasteiger partial charge in [0, 0.05) is 55.6 Å². The van der Waals surface area contributed by atoms with Crippen molar-refractivity contribution < 1.29 is 28.6 Å². The number of rotatable bonds is 10. The van der Waals surface area contributed by atoms with Gasteiger partial charge in [0.25, 0.3) is 11.8 Å². The number of benzene rings is 2. The minimum atomic E-state index is -3.04. The molecule has 2 aromatic carbocycles. The molecular weight excluding hydrogens is 559 g/mol. The van der Waals surface area contributed by atoms with Gasteiger partial charge in [-0.1, -0.05) is 23.4 Å². The fourth-order valence-corrected chi connectivity index (χ4v) is 6.21. The number of likely N-dealkylation sites (N-methyl/N-ethyl adjacent to an activating group) is 1. The summed E-state index contributed by atoms with van der Waals surface area (Å²) >= 11 is 0. The second-order valence-corrected chi connectivity index (χ2v) is 12.9. The van der Waals surface area contributed by atoms with Crippen molar-refractivity contribution >= 4 is 55.2 Å². The number of ether oxygens (including phenoxy) is 1. The van der Waals surface area contributed by atoms with E-state index in [-0.39, 0.29) is 36.1 Å². The average Bonchev–Trinajstić information content (AvgIpc) is 3.26. The van der Waals surface area contributed by atoms with Crippen LogP contribution in [0.15, 0.2) is 36.4 Å². The molecule has 1 saturated heterocycles. The fourth-order valence-electron chi connectivity index (χ4n) is 6.21. The molecule has 4 rings (SSSR count). The lowest BCUT2D eigenvalue weighted by molar-refractivity contribution is -0.182. The minimum absolute atomic E-state index is 0.0100. The Morgan fingerprint density at radius 3 is 2.32 bits per heavy atom. The van der Waals surface area contributed by atoms with Crippen molar-refractivity contribution in [1.29, 1.82) is 0 Å². The summed E-state index contributed by atoms with van der Waals surface area (Å²) in [6.45, 7) is 9.89. The van der Waals surface area contributed by atoms with Crippen molar-refractivity contribution in [3.63, 3.8) is 0 Å². The minimum Gasteiger partial charge on any atom is -0.381 e. The van der Waals surface area contributed by atoms with Crippen LogP contribution in [0.5, 0.6) is 0 Å². The van der Waals surface area contributed by atoms with Gasteiger partial charge in [-0.15, -0.1) is 0 Å². The number of amides is 2. The predicted octanol–water partition coefficient (Wildman–Crippen LogP) is 1.32. The molecule has 0 bridgehead atoms. The summed E-state index contributed by atoms with van der Waals surface area (Å²) in [5, 5.41) is 11.5. The Morgan fingerprint density at radius 1 is 1.11 bits per heavy atom. The number of fused-ring (bicyclic) bond motifs is 1. The van der Waals surface area contributed by atoms with Gasteiger partial charge >= 0.3 is 0 Å². The number of carbonyl (C=O) groups excluding carboxylic acids is 3. The quantitative estimate of drug-likeness (QED) is 0.282. The molecule has 9 nitrogen and oxygen atoms in total. The third kappa shape index (κ3) is 6.08. The third-order valence-electron chi connectivity index (χ3n) is 8.14. The molecule has 0 saturated carbocycles. The van der Waals surface area contributed by atoms with Crippen molar-refractivity contribution in [2.45, 2.75) is 74.7 Å². The molecule has 2 amide bonds. The van der Waals surface area contributed by atoms with Gasteiger partial charge in [0.1, 0.15) is 12.1 Å². The molecule has 0 aromatic heterocycles. The van der Waals surface area contributed by atoms with Crippen LogP contribution >= 0.6 is 0 Å². The number of halogens is 1. The smallest absolute Gasteiger partial charge is 0.272 e. The summed E-state index contributed by atoms with van der Waals surface area (Å²) in [5.74, 6) is -2.40. The van der Waals surface area contributed by atoms with Crippen molar-refractivity contribution in [3.8, 4) is 0 Å². The van der Waals surface area contributed by atoms with E-state index in [1.807, 2.05) is 33.8 Å². The Labute approximate surface area is 263 Å². The van der Waals surface area contributed by atoms with Gasteiger partial charge in [-0.3, -0.25) is 19.4 Å². The maximum Gasteiger partial charge on any atom is 0.272 e. The Kier molecular flexibility index (Phi) is 8.98. The molecule has 2 heterocycles. The lowest BCUT2D eigenvalue weighted by Crippen LogP contribution is -2.68. The van der Waals surface area contributed by atoms with Crippen LogP contribution in [0.4, 0.5) is 10.1 Å². The van der Waals surface area contributed by atoms with Gasteiger partial charge in [-0.25, -0.2) is 4.39 Å². The normalized spacial score (nSPS) is 19.6. The molecule has 44 heavy (non-hydrogen) atoms. The highest BCUT2D eigenvalue weighted by Gasteiger charge is 2.61. The Bertz CT molecular complexity index is 1450. The summed E-state index contributed by atoms with van der Waals surface area (Å²) in [6, 6.07) is 9.84. The van der Waals surface area contributed by atoms with Gasteiger partial charge in [0.05, 0.1) is 49.1 Å². The molecule has 2 aromatic rings. The average molecular weight is 594 g/mol. The van der Waals surface area contributed by atoms with Crippen LogP contribution in [0.25, 0.3) is 0 Å². The van der Waals surface area contributed by atoms with E-state index in [2.05, 4.69) is 15.5 Å². The monoisotopic (exact) mass is 594 g/mol. The molecule has 1 fully saturated rings. The van der Waals surface area contributed by atoms with Gasteiger partial charge in [-0.2, -0.15) is 0 Å². The SMILES string of the molecule is [B]C([B])(C=O)C([B])([B])C(O)(C(=O)NC)N1Cc2c(NCc3ccc(CN4CC(C)(C)OC(C)(C)C4)cc3F)cccc2C1=O. The number of nitrogens with one attached hydrogen (secondary N) is 2. The van der Waals surface area contributed by atoms with Crippen molar-refractivity contribution in [2.24, 2.45) is 0 Å². The van der Waals surface area contributed by atoms with Gasteiger partial charge in [-0.05, 0) is 56.7 Å². The van der Waals surface area contributed by atoms with E-state index in [9.17, 15) is 19.5 Å². The predicted molar refractivity (Wildman–Crippen MR) is 168 cm³/mol. The summed E-state index contributed by atoms with van der Waals surface area (Å²) in [7, 11) is 24.8. The fraction of sp³-hybridized carbons (Fsp3) is 0.500. The van der Waals surface area contributed by atoms with Gasteiger partial charge in [0.15, 0.2) is 0 Å². The highest BCUT2D eigenvalue weighted by atomic mass is 19.1. The van der Waals surface area contributed by atoms with E-state index in [0.29, 0.717) is 41.3 Å². The zero-order chi connectivity index (χ0) is 32.9. The van der Waals surface area contributed by atoms with E-state index in [0.717, 1.165) is 5.56 Å². The summed E-state index contributed by atoms with van der Waals surface area (Å²) in [4.78, 5) is 41.0. The second-order valence-electron chi connectivity index (χ2n) is 12.9. The van der Waals surface area contributed by atoms with Crippen LogP contribution < -0.4 is 10.6 Å². The molecule has 0 aliphatic carbocycles. The van der Waals surface area contributed by atoms with E-state index in [1.54, 1.807) is 18.2 Å². The van der Waals surface area contributed by atoms with Crippen LogP contribution in [-0.4, -0.2) is 101 Å². The molecule has 2 aliphatic rings. The van der Waals surface area contributed by atoms with Gasteiger partial charge < -0.3 is 25.3 Å². The van der Waals surface area contributed by atoms with Crippen LogP contribution in [-0.2, 0) is 34.0 Å². The summed E-state index contributed by atoms with van der Waals surface area (Å²) in [5.41, 5.74) is -1.51. The highest BCUT2D eigenvalue weighted by Crippen LogP contribution is 2.52. The maximum atomic E-state index is 15.3. The first-order chi connectivity index (χ1) is 20.3. The number of aliphatic hydroxyl groups is 1. The first-order valence-corrected chi connectivity index (χ1v) is 14.2. The number of anilines is 1. The summed E-state index contributed by atoms with van der Waals surface area (Å²) in [6.07, 6.45) is -0.0100. The molecular formula is C30H35B4FN4O5.